The van der Waals surface area contributed by atoms with Crippen molar-refractivity contribution in [3.05, 3.63) is 69.5 Å². The fraction of sp³-hybridized carbons (Fsp3) is 0.280. The van der Waals surface area contributed by atoms with Gasteiger partial charge in [-0.25, -0.2) is 4.98 Å². The van der Waals surface area contributed by atoms with Gasteiger partial charge >= 0.3 is 0 Å². The van der Waals surface area contributed by atoms with Crippen molar-refractivity contribution in [2.24, 2.45) is 0 Å². The van der Waals surface area contributed by atoms with Gasteiger partial charge in [0, 0.05) is 17.7 Å². The van der Waals surface area contributed by atoms with Gasteiger partial charge in [-0.05, 0) is 49.4 Å². The fourth-order valence-corrected chi connectivity index (χ4v) is 4.10. The molecule has 0 saturated heterocycles. The number of carbonyl (C=O) groups excluding carboxylic acids is 1. The molecular weight excluding hydrogens is 466 g/mol. The highest BCUT2D eigenvalue weighted by Crippen LogP contribution is 2.30. The summed E-state index contributed by atoms with van der Waals surface area (Å²) < 4.78 is 12.7. The lowest BCUT2D eigenvalue weighted by molar-refractivity contribution is 0.102. The molecule has 35 heavy (non-hydrogen) atoms. The van der Waals surface area contributed by atoms with Crippen LogP contribution in [-0.2, 0) is 0 Å². The number of rotatable bonds is 9. The van der Waals surface area contributed by atoms with Crippen molar-refractivity contribution in [1.82, 2.24) is 19.7 Å². The summed E-state index contributed by atoms with van der Waals surface area (Å²) >= 11 is 1.52. The zero-order valence-electron chi connectivity index (χ0n) is 20.0. The van der Waals surface area contributed by atoms with Gasteiger partial charge in [-0.2, -0.15) is 9.78 Å². The Hall–Kier alpha value is -3.92. The van der Waals surface area contributed by atoms with Gasteiger partial charge in [0.15, 0.2) is 11.5 Å². The van der Waals surface area contributed by atoms with E-state index >= 15 is 0 Å². The predicted octanol–water partition coefficient (Wildman–Crippen LogP) is 4.86. The van der Waals surface area contributed by atoms with Crippen LogP contribution in [-0.4, -0.2) is 38.9 Å². The molecule has 0 spiro atoms. The van der Waals surface area contributed by atoms with Gasteiger partial charge in [0.2, 0.25) is 5.95 Å². The number of amides is 1. The Labute approximate surface area is 206 Å². The van der Waals surface area contributed by atoms with Crippen LogP contribution in [0, 0.1) is 0 Å². The number of hydrogen-bond acceptors (Lipinski definition) is 7. The number of nitrogens with zero attached hydrogens (tertiary/aromatic N) is 3. The number of H-pyrrole nitrogens is 1. The maximum absolute atomic E-state index is 13.2. The van der Waals surface area contributed by atoms with Crippen molar-refractivity contribution in [1.29, 1.82) is 0 Å². The maximum atomic E-state index is 13.2. The van der Waals surface area contributed by atoms with Gasteiger partial charge in [0.05, 0.1) is 23.8 Å². The molecule has 10 heteroatoms. The number of benzene rings is 1. The van der Waals surface area contributed by atoms with Crippen LogP contribution < -0.4 is 20.3 Å². The van der Waals surface area contributed by atoms with E-state index in [1.807, 2.05) is 45.2 Å². The summed E-state index contributed by atoms with van der Waals surface area (Å²) in [5.74, 6) is 1.33. The molecule has 2 N–H and O–H groups in total. The van der Waals surface area contributed by atoms with Gasteiger partial charge in [-0.3, -0.25) is 14.6 Å². The first kappa shape index (κ1) is 24.2. The maximum Gasteiger partial charge on any atom is 0.256 e. The van der Waals surface area contributed by atoms with E-state index in [-0.39, 0.29) is 23.3 Å². The molecule has 0 bridgehead atoms. The average molecular weight is 494 g/mol. The molecule has 3 heterocycles. The Balaban J connectivity index is 1.74. The van der Waals surface area contributed by atoms with Gasteiger partial charge in [-0.1, -0.05) is 19.9 Å². The summed E-state index contributed by atoms with van der Waals surface area (Å²) in [6.45, 7) is 8.58. The van der Waals surface area contributed by atoms with Crippen molar-refractivity contribution in [3.8, 4) is 28.0 Å². The number of carbonyl (C=O) groups is 1. The Morgan fingerprint density at radius 2 is 1.89 bits per heavy atom. The summed E-state index contributed by atoms with van der Waals surface area (Å²) in [6, 6.07) is 12.1. The van der Waals surface area contributed by atoms with Crippen LogP contribution in [0.2, 0.25) is 0 Å². The van der Waals surface area contributed by atoms with Gasteiger partial charge < -0.3 is 14.8 Å². The Kier molecular flexibility index (Phi) is 7.31. The van der Waals surface area contributed by atoms with Crippen LogP contribution in [0.15, 0.2) is 52.6 Å². The van der Waals surface area contributed by atoms with Gasteiger partial charge in [0.1, 0.15) is 11.5 Å². The van der Waals surface area contributed by atoms with E-state index in [0.717, 1.165) is 4.88 Å². The number of aromatic amines is 1. The average Bonchev–Trinajstić information content (AvgIpc) is 3.50. The largest absolute Gasteiger partial charge is 0.490 e. The molecule has 1 amide bonds. The number of anilines is 1. The minimum atomic E-state index is -0.366. The minimum Gasteiger partial charge on any atom is -0.490 e. The van der Waals surface area contributed by atoms with Crippen molar-refractivity contribution < 1.29 is 14.3 Å². The summed E-state index contributed by atoms with van der Waals surface area (Å²) in [5.41, 5.74) is 1.37. The fourth-order valence-electron chi connectivity index (χ4n) is 3.42. The second-order valence-corrected chi connectivity index (χ2v) is 8.88. The molecule has 0 radical (unpaired) electrons. The molecule has 4 rings (SSSR count). The third-order valence-electron chi connectivity index (χ3n) is 5.07. The summed E-state index contributed by atoms with van der Waals surface area (Å²) in [6.07, 6.45) is 0. The highest BCUT2D eigenvalue weighted by atomic mass is 32.1. The number of thiophene rings is 1. The Bertz CT molecular complexity index is 1380. The molecule has 0 saturated carbocycles. The van der Waals surface area contributed by atoms with Crippen molar-refractivity contribution in [3.63, 3.8) is 0 Å². The third-order valence-corrected chi connectivity index (χ3v) is 5.96. The van der Waals surface area contributed by atoms with Crippen LogP contribution in [0.4, 0.5) is 5.82 Å². The Morgan fingerprint density at radius 3 is 2.57 bits per heavy atom. The molecular formula is C25H27N5O4S. The molecule has 3 aromatic heterocycles. The van der Waals surface area contributed by atoms with Crippen LogP contribution in [0.25, 0.3) is 16.5 Å². The lowest BCUT2D eigenvalue weighted by atomic mass is 10.1. The molecule has 0 aliphatic heterocycles. The van der Waals surface area contributed by atoms with E-state index < -0.39 is 0 Å². The highest BCUT2D eigenvalue weighted by molar-refractivity contribution is 7.13. The lowest BCUT2D eigenvalue weighted by Crippen LogP contribution is -2.19. The summed E-state index contributed by atoms with van der Waals surface area (Å²) in [5, 5.41) is 9.48. The van der Waals surface area contributed by atoms with Gasteiger partial charge in [-0.15, -0.1) is 11.3 Å². The molecule has 0 fully saturated rings. The van der Waals surface area contributed by atoms with Crippen molar-refractivity contribution in [2.45, 2.75) is 33.6 Å². The molecule has 0 unspecified atom stereocenters. The molecule has 182 valence electrons. The van der Waals surface area contributed by atoms with Crippen molar-refractivity contribution >= 4 is 23.1 Å². The number of nitrogens with one attached hydrogen (secondary N) is 2. The number of ether oxygens (including phenoxy) is 2. The molecule has 0 atom stereocenters. The minimum absolute atomic E-state index is 0.0438. The highest BCUT2D eigenvalue weighted by Gasteiger charge is 2.19. The topological polar surface area (TPSA) is 111 Å². The zero-order chi connectivity index (χ0) is 24.9. The first-order chi connectivity index (χ1) is 16.9. The van der Waals surface area contributed by atoms with E-state index in [9.17, 15) is 9.59 Å². The van der Waals surface area contributed by atoms with E-state index in [2.05, 4.69) is 20.4 Å². The smallest absolute Gasteiger partial charge is 0.256 e. The van der Waals surface area contributed by atoms with Crippen LogP contribution in [0.5, 0.6) is 11.5 Å². The van der Waals surface area contributed by atoms with E-state index in [0.29, 0.717) is 47.5 Å². The second-order valence-electron chi connectivity index (χ2n) is 7.93. The van der Waals surface area contributed by atoms with Crippen LogP contribution in [0.1, 0.15) is 49.7 Å². The first-order valence-corrected chi connectivity index (χ1v) is 12.2. The lowest BCUT2D eigenvalue weighted by Gasteiger charge is -2.13. The Morgan fingerprint density at radius 1 is 1.11 bits per heavy atom. The number of aromatic nitrogens is 4. The predicted molar refractivity (Wildman–Crippen MR) is 136 cm³/mol. The van der Waals surface area contributed by atoms with E-state index in [1.165, 1.54) is 22.1 Å². The number of hydrogen-bond donors (Lipinski definition) is 2. The molecule has 0 aliphatic rings. The third kappa shape index (κ3) is 5.43. The van der Waals surface area contributed by atoms with Crippen LogP contribution >= 0.6 is 11.3 Å². The van der Waals surface area contributed by atoms with Crippen LogP contribution in [0.3, 0.4) is 0 Å². The first-order valence-electron chi connectivity index (χ1n) is 11.4. The van der Waals surface area contributed by atoms with E-state index in [4.69, 9.17) is 9.47 Å². The van der Waals surface area contributed by atoms with Crippen molar-refractivity contribution in [2.75, 3.05) is 18.5 Å². The quantitative estimate of drug-likeness (QED) is 0.345. The molecule has 1 aromatic carbocycles. The normalized spacial score (nSPS) is 11.0. The molecule has 0 aliphatic carbocycles. The monoisotopic (exact) mass is 493 g/mol. The summed E-state index contributed by atoms with van der Waals surface area (Å²) in [7, 11) is 0. The summed E-state index contributed by atoms with van der Waals surface area (Å²) in [4.78, 5) is 33.8. The van der Waals surface area contributed by atoms with E-state index in [1.54, 1.807) is 24.3 Å². The molecule has 4 aromatic rings. The second kappa shape index (κ2) is 10.6. The zero-order valence-corrected chi connectivity index (χ0v) is 20.8. The van der Waals surface area contributed by atoms with Gasteiger partial charge in [0.25, 0.3) is 11.5 Å². The SMILES string of the molecule is CCOc1ccc(C(=O)Nc2cc(-c3cccs3)nn2-c2nc(C(C)C)cc(=O)[nH]2)cc1OCC. The molecule has 9 nitrogen and oxygen atoms in total. The standard InChI is InChI=1S/C25H27N5O4S/c1-5-33-19-10-9-16(12-20(19)34-6-2)24(32)27-22-13-18(21-8-7-11-35-21)29-30(22)25-26-17(15(3)4)14-23(31)28-25/h7-15H,5-6H2,1-4H3,(H,27,32)(H,26,28,31).